The molecule has 0 radical (unpaired) electrons. The summed E-state index contributed by atoms with van der Waals surface area (Å²) >= 11 is 0. The zero-order chi connectivity index (χ0) is 19.1. The number of piperazine rings is 1. The fraction of sp³-hybridized carbons (Fsp3) is 0.316. The topological polar surface area (TPSA) is 83.3 Å². The Morgan fingerprint density at radius 2 is 1.52 bits per heavy atom. The fourth-order valence-electron chi connectivity index (χ4n) is 3.57. The van der Waals surface area contributed by atoms with Crippen LogP contribution in [0.15, 0.2) is 41.3 Å². The number of benzene rings is 1. The van der Waals surface area contributed by atoms with Gasteiger partial charge >= 0.3 is 5.69 Å². The van der Waals surface area contributed by atoms with Crippen LogP contribution in [0.25, 0.3) is 11.0 Å². The van der Waals surface area contributed by atoms with Gasteiger partial charge in [-0.2, -0.15) is 0 Å². The van der Waals surface area contributed by atoms with E-state index >= 15 is 0 Å². The molecule has 0 saturated carbocycles. The number of aromatic amines is 1. The first-order chi connectivity index (χ1) is 13.0. The number of nitrogens with one attached hydrogen (secondary N) is 1. The molecule has 4 rings (SSSR count). The second-order valence-corrected chi connectivity index (χ2v) is 6.77. The van der Waals surface area contributed by atoms with Crippen LogP contribution >= 0.6 is 0 Å². The van der Waals surface area contributed by atoms with Crippen LogP contribution in [0.3, 0.4) is 0 Å². The molecule has 27 heavy (non-hydrogen) atoms. The molecular formula is C19H21N5O3. The van der Waals surface area contributed by atoms with Crippen molar-refractivity contribution < 1.29 is 9.59 Å². The van der Waals surface area contributed by atoms with Gasteiger partial charge < -0.3 is 14.8 Å². The molecule has 3 heterocycles. The number of aryl methyl sites for hydroxylation is 2. The van der Waals surface area contributed by atoms with Crippen molar-refractivity contribution in [1.82, 2.24) is 23.9 Å². The highest BCUT2D eigenvalue weighted by Crippen LogP contribution is 2.17. The van der Waals surface area contributed by atoms with Crippen LogP contribution < -0.4 is 5.69 Å². The maximum atomic E-state index is 12.9. The van der Waals surface area contributed by atoms with Crippen molar-refractivity contribution in [3.8, 4) is 0 Å². The van der Waals surface area contributed by atoms with E-state index in [-0.39, 0.29) is 17.5 Å². The van der Waals surface area contributed by atoms with Gasteiger partial charge in [-0.3, -0.25) is 18.7 Å². The Morgan fingerprint density at radius 3 is 2.15 bits per heavy atom. The molecule has 1 fully saturated rings. The van der Waals surface area contributed by atoms with Crippen LogP contribution in [0.5, 0.6) is 0 Å². The Hall–Kier alpha value is -3.29. The third-order valence-electron chi connectivity index (χ3n) is 5.20. The molecule has 3 aromatic rings. The number of carbonyl (C=O) groups is 2. The molecule has 0 aliphatic carbocycles. The fourth-order valence-corrected chi connectivity index (χ4v) is 3.57. The molecule has 2 aromatic heterocycles. The molecule has 140 valence electrons. The van der Waals surface area contributed by atoms with Gasteiger partial charge in [0.25, 0.3) is 11.8 Å². The smallest absolute Gasteiger partial charge is 0.328 e. The van der Waals surface area contributed by atoms with Crippen molar-refractivity contribution >= 4 is 22.8 Å². The van der Waals surface area contributed by atoms with E-state index in [0.29, 0.717) is 37.4 Å². The van der Waals surface area contributed by atoms with Crippen molar-refractivity contribution in [2.75, 3.05) is 26.2 Å². The Morgan fingerprint density at radius 1 is 0.889 bits per heavy atom. The Balaban J connectivity index is 1.50. The number of imidazole rings is 1. The van der Waals surface area contributed by atoms with E-state index in [1.54, 1.807) is 69.6 Å². The molecule has 0 unspecified atom stereocenters. The highest BCUT2D eigenvalue weighted by molar-refractivity contribution is 5.98. The minimum absolute atomic E-state index is 0.0483. The second-order valence-electron chi connectivity index (χ2n) is 6.77. The SMILES string of the molecule is Cn1c(=O)n(C)c2cc(C(=O)N3CCN(C(=O)c4ccc[nH]4)CC3)ccc21. The predicted molar refractivity (Wildman–Crippen MR) is 101 cm³/mol. The lowest BCUT2D eigenvalue weighted by Crippen LogP contribution is -2.50. The van der Waals surface area contributed by atoms with Crippen molar-refractivity contribution in [2.24, 2.45) is 14.1 Å². The predicted octanol–water partition coefficient (Wildman–Crippen LogP) is 0.803. The highest BCUT2D eigenvalue weighted by atomic mass is 16.2. The summed E-state index contributed by atoms with van der Waals surface area (Å²) in [4.78, 5) is 43.7. The Labute approximate surface area is 155 Å². The first kappa shape index (κ1) is 17.1. The number of amides is 2. The molecule has 2 amide bonds. The Bertz CT molecular complexity index is 1070. The number of hydrogen-bond acceptors (Lipinski definition) is 3. The molecule has 0 atom stereocenters. The molecule has 1 aromatic carbocycles. The molecule has 0 spiro atoms. The highest BCUT2D eigenvalue weighted by Gasteiger charge is 2.26. The minimum Gasteiger partial charge on any atom is -0.357 e. The summed E-state index contributed by atoms with van der Waals surface area (Å²) in [6.07, 6.45) is 1.72. The zero-order valence-corrected chi connectivity index (χ0v) is 15.3. The van der Waals surface area contributed by atoms with E-state index in [1.165, 1.54) is 0 Å². The summed E-state index contributed by atoms with van der Waals surface area (Å²) in [6, 6.07) is 8.85. The third-order valence-corrected chi connectivity index (χ3v) is 5.20. The summed E-state index contributed by atoms with van der Waals surface area (Å²) in [5, 5.41) is 0. The number of hydrogen-bond donors (Lipinski definition) is 1. The molecule has 1 aliphatic rings. The average Bonchev–Trinajstić information content (AvgIpc) is 3.31. The molecule has 8 nitrogen and oxygen atoms in total. The van der Waals surface area contributed by atoms with Crippen LogP contribution in [0, 0.1) is 0 Å². The third kappa shape index (κ3) is 2.83. The molecule has 1 N–H and O–H groups in total. The summed E-state index contributed by atoms with van der Waals surface area (Å²) in [6.45, 7) is 1.96. The average molecular weight is 367 g/mol. The van der Waals surface area contributed by atoms with Gasteiger partial charge in [-0.05, 0) is 30.3 Å². The summed E-state index contributed by atoms with van der Waals surface area (Å²) in [5.74, 6) is -0.132. The van der Waals surface area contributed by atoms with E-state index in [4.69, 9.17) is 0 Å². The van der Waals surface area contributed by atoms with Crippen LogP contribution in [0.1, 0.15) is 20.8 Å². The van der Waals surface area contributed by atoms with Crippen LogP contribution in [-0.4, -0.2) is 61.9 Å². The Kier molecular flexibility index (Phi) is 4.10. The standard InChI is InChI=1S/C19H21N5O3/c1-21-15-6-5-13(12-16(15)22(2)19(21)27)17(25)23-8-10-24(11-9-23)18(26)14-4-3-7-20-14/h3-7,12,20H,8-11H2,1-2H3. The van der Waals surface area contributed by atoms with Crippen molar-refractivity contribution in [3.63, 3.8) is 0 Å². The van der Waals surface area contributed by atoms with Gasteiger partial charge in [-0.15, -0.1) is 0 Å². The maximum absolute atomic E-state index is 12.9. The summed E-state index contributed by atoms with van der Waals surface area (Å²) < 4.78 is 3.10. The normalized spacial score (nSPS) is 14.7. The number of fused-ring (bicyclic) bond motifs is 1. The molecular weight excluding hydrogens is 346 g/mol. The largest absolute Gasteiger partial charge is 0.357 e. The quantitative estimate of drug-likeness (QED) is 0.727. The van der Waals surface area contributed by atoms with Gasteiger partial charge in [0.15, 0.2) is 0 Å². The van der Waals surface area contributed by atoms with Crippen molar-refractivity contribution in [2.45, 2.75) is 0 Å². The number of aromatic nitrogens is 3. The molecule has 0 bridgehead atoms. The van der Waals surface area contributed by atoms with E-state index in [9.17, 15) is 14.4 Å². The lowest BCUT2D eigenvalue weighted by molar-refractivity contribution is 0.0533. The maximum Gasteiger partial charge on any atom is 0.328 e. The second kappa shape index (κ2) is 6.46. The lowest BCUT2D eigenvalue weighted by Gasteiger charge is -2.34. The minimum atomic E-state index is -0.119. The van der Waals surface area contributed by atoms with Crippen LogP contribution in [0.4, 0.5) is 0 Å². The number of rotatable bonds is 2. The van der Waals surface area contributed by atoms with Gasteiger partial charge in [0, 0.05) is 52.0 Å². The number of nitrogens with zero attached hydrogens (tertiary/aromatic N) is 4. The molecule has 1 aliphatic heterocycles. The van der Waals surface area contributed by atoms with Gasteiger partial charge in [-0.1, -0.05) is 0 Å². The lowest BCUT2D eigenvalue weighted by atomic mass is 10.1. The van der Waals surface area contributed by atoms with Crippen LogP contribution in [0.2, 0.25) is 0 Å². The number of H-pyrrole nitrogens is 1. The number of carbonyl (C=O) groups excluding carboxylic acids is 2. The monoisotopic (exact) mass is 367 g/mol. The first-order valence-electron chi connectivity index (χ1n) is 8.85. The molecule has 1 saturated heterocycles. The summed E-state index contributed by atoms with van der Waals surface area (Å²) in [5.41, 5.74) is 2.51. The molecule has 8 heteroatoms. The zero-order valence-electron chi connectivity index (χ0n) is 15.3. The van der Waals surface area contributed by atoms with Crippen LogP contribution in [-0.2, 0) is 14.1 Å². The van der Waals surface area contributed by atoms with Crippen molar-refractivity contribution in [1.29, 1.82) is 0 Å². The van der Waals surface area contributed by atoms with E-state index in [0.717, 1.165) is 11.0 Å². The van der Waals surface area contributed by atoms with Gasteiger partial charge in [0.1, 0.15) is 5.69 Å². The first-order valence-corrected chi connectivity index (χ1v) is 8.85. The van der Waals surface area contributed by atoms with E-state index in [1.807, 2.05) is 0 Å². The van der Waals surface area contributed by atoms with Gasteiger partial charge in [0.05, 0.1) is 11.0 Å². The van der Waals surface area contributed by atoms with E-state index < -0.39 is 0 Å². The van der Waals surface area contributed by atoms with Gasteiger partial charge in [-0.25, -0.2) is 4.79 Å². The van der Waals surface area contributed by atoms with Gasteiger partial charge in [0.2, 0.25) is 0 Å². The van der Waals surface area contributed by atoms with E-state index in [2.05, 4.69) is 4.98 Å². The summed E-state index contributed by atoms with van der Waals surface area (Å²) in [7, 11) is 3.41. The van der Waals surface area contributed by atoms with Crippen molar-refractivity contribution in [3.05, 3.63) is 58.3 Å².